The summed E-state index contributed by atoms with van der Waals surface area (Å²) in [5.41, 5.74) is 0.631. The topological polar surface area (TPSA) is 97.6 Å². The number of ether oxygens (including phenoxy) is 1. The highest BCUT2D eigenvalue weighted by atomic mass is 35.5. The van der Waals surface area contributed by atoms with Crippen molar-refractivity contribution in [3.63, 3.8) is 0 Å². The van der Waals surface area contributed by atoms with Gasteiger partial charge in [-0.2, -0.15) is 0 Å². The summed E-state index contributed by atoms with van der Waals surface area (Å²) in [7, 11) is 0. The van der Waals surface area contributed by atoms with Gasteiger partial charge < -0.3 is 14.7 Å². The molecule has 1 amide bonds. The molecule has 1 fully saturated rings. The summed E-state index contributed by atoms with van der Waals surface area (Å²) in [6, 6.07) is 7.08. The van der Waals surface area contributed by atoms with E-state index in [0.717, 1.165) is 0 Å². The van der Waals surface area contributed by atoms with Crippen molar-refractivity contribution in [3.05, 3.63) is 40.9 Å². The van der Waals surface area contributed by atoms with E-state index in [1.807, 2.05) is 12.1 Å². The van der Waals surface area contributed by atoms with Crippen LogP contribution in [0.2, 0.25) is 5.02 Å². The van der Waals surface area contributed by atoms with Gasteiger partial charge in [0.15, 0.2) is 0 Å². The minimum atomic E-state index is -0.953. The third kappa shape index (κ3) is 4.45. The Morgan fingerprint density at radius 3 is 2.70 bits per heavy atom. The van der Waals surface area contributed by atoms with E-state index in [1.165, 1.54) is 4.68 Å². The molecule has 0 aliphatic carbocycles. The number of para-hydroxylation sites is 1. The molecule has 0 saturated carbocycles. The van der Waals surface area contributed by atoms with E-state index in [1.54, 1.807) is 24.0 Å². The normalized spacial score (nSPS) is 14.9. The highest BCUT2D eigenvalue weighted by Crippen LogP contribution is 2.21. The SMILES string of the molecule is Cc1nc(C(=O)N(CCC(=O)O)C2CCOCC2)nn1-c1ccccc1Cl. The first-order chi connectivity index (χ1) is 13.0. The number of benzene rings is 1. The third-order valence-electron chi connectivity index (χ3n) is 4.50. The molecule has 1 N–H and O–H groups in total. The molecule has 0 radical (unpaired) electrons. The van der Waals surface area contributed by atoms with Gasteiger partial charge in [-0.1, -0.05) is 23.7 Å². The largest absolute Gasteiger partial charge is 0.481 e. The molecule has 2 heterocycles. The van der Waals surface area contributed by atoms with Crippen molar-refractivity contribution in [2.24, 2.45) is 0 Å². The van der Waals surface area contributed by atoms with Crippen LogP contribution >= 0.6 is 11.6 Å². The smallest absolute Gasteiger partial charge is 0.305 e. The Hall–Kier alpha value is -2.45. The summed E-state index contributed by atoms with van der Waals surface area (Å²) in [5, 5.41) is 13.9. The first-order valence-corrected chi connectivity index (χ1v) is 9.14. The summed E-state index contributed by atoms with van der Waals surface area (Å²) >= 11 is 6.23. The van der Waals surface area contributed by atoms with Crippen molar-refractivity contribution < 1.29 is 19.4 Å². The van der Waals surface area contributed by atoms with Gasteiger partial charge in [0, 0.05) is 25.8 Å². The number of aryl methyl sites for hydroxylation is 1. The molecule has 1 aliphatic rings. The number of carboxylic acids is 1. The lowest BCUT2D eigenvalue weighted by Gasteiger charge is -2.33. The van der Waals surface area contributed by atoms with Crippen LogP contribution < -0.4 is 0 Å². The number of aliphatic carboxylic acids is 1. The maximum atomic E-state index is 13.1. The van der Waals surface area contributed by atoms with Crippen LogP contribution in [0.5, 0.6) is 0 Å². The second-order valence-corrected chi connectivity index (χ2v) is 6.74. The summed E-state index contributed by atoms with van der Waals surface area (Å²) in [6.45, 7) is 2.94. The van der Waals surface area contributed by atoms with Crippen LogP contribution in [0.1, 0.15) is 35.7 Å². The Balaban J connectivity index is 1.88. The summed E-state index contributed by atoms with van der Waals surface area (Å²) in [5.74, 6) is -0.774. The molecule has 1 saturated heterocycles. The lowest BCUT2D eigenvalue weighted by molar-refractivity contribution is -0.137. The van der Waals surface area contributed by atoms with Crippen LogP contribution in [0.25, 0.3) is 5.69 Å². The molecule has 9 heteroatoms. The Kier molecular flexibility index (Phi) is 6.08. The van der Waals surface area contributed by atoms with Crippen LogP contribution in [0.4, 0.5) is 0 Å². The number of carboxylic acid groups (broad SMARTS) is 1. The van der Waals surface area contributed by atoms with Crippen molar-refractivity contribution in [1.29, 1.82) is 0 Å². The van der Waals surface area contributed by atoms with Gasteiger partial charge in [0.2, 0.25) is 5.82 Å². The van der Waals surface area contributed by atoms with E-state index in [0.29, 0.717) is 42.6 Å². The number of rotatable bonds is 6. The second kappa shape index (κ2) is 8.49. The number of nitrogens with zero attached hydrogens (tertiary/aromatic N) is 4. The first kappa shape index (κ1) is 19.3. The van der Waals surface area contributed by atoms with Crippen molar-refractivity contribution >= 4 is 23.5 Å². The highest BCUT2D eigenvalue weighted by Gasteiger charge is 2.30. The molecule has 3 rings (SSSR count). The minimum Gasteiger partial charge on any atom is -0.481 e. The zero-order valence-electron chi connectivity index (χ0n) is 15.0. The number of aromatic nitrogens is 3. The molecule has 144 valence electrons. The molecule has 1 aromatic heterocycles. The Bertz CT molecular complexity index is 833. The van der Waals surface area contributed by atoms with Gasteiger partial charge >= 0.3 is 5.97 Å². The number of carbonyl (C=O) groups excluding carboxylic acids is 1. The Labute approximate surface area is 161 Å². The van der Waals surface area contributed by atoms with E-state index in [2.05, 4.69) is 10.1 Å². The molecule has 0 spiro atoms. The van der Waals surface area contributed by atoms with Crippen molar-refractivity contribution in [3.8, 4) is 5.69 Å². The van der Waals surface area contributed by atoms with Gasteiger partial charge in [-0.25, -0.2) is 9.67 Å². The van der Waals surface area contributed by atoms with E-state index < -0.39 is 5.97 Å². The monoisotopic (exact) mass is 392 g/mol. The quantitative estimate of drug-likeness (QED) is 0.810. The van der Waals surface area contributed by atoms with Gasteiger partial charge in [0.05, 0.1) is 17.1 Å². The number of hydrogen-bond donors (Lipinski definition) is 1. The molecule has 2 aromatic rings. The second-order valence-electron chi connectivity index (χ2n) is 6.33. The molecule has 0 unspecified atom stereocenters. The average Bonchev–Trinajstić information content (AvgIpc) is 3.04. The lowest BCUT2D eigenvalue weighted by Crippen LogP contribution is -2.44. The number of hydrogen-bond acceptors (Lipinski definition) is 5. The van der Waals surface area contributed by atoms with E-state index >= 15 is 0 Å². The van der Waals surface area contributed by atoms with Crippen LogP contribution in [-0.2, 0) is 9.53 Å². The number of carbonyl (C=O) groups is 2. The first-order valence-electron chi connectivity index (χ1n) is 8.76. The molecule has 0 bridgehead atoms. The summed E-state index contributed by atoms with van der Waals surface area (Å²) < 4.78 is 6.87. The molecule has 0 atom stereocenters. The Morgan fingerprint density at radius 2 is 2.04 bits per heavy atom. The lowest BCUT2D eigenvalue weighted by atomic mass is 10.1. The molecule has 27 heavy (non-hydrogen) atoms. The zero-order chi connectivity index (χ0) is 19.4. The van der Waals surface area contributed by atoms with Gasteiger partial charge in [-0.05, 0) is 31.9 Å². The molecular weight excluding hydrogens is 372 g/mol. The predicted molar refractivity (Wildman–Crippen MR) is 98.2 cm³/mol. The summed E-state index contributed by atoms with van der Waals surface area (Å²) in [6.07, 6.45) is 1.19. The molecule has 1 aromatic carbocycles. The third-order valence-corrected chi connectivity index (χ3v) is 4.82. The molecule has 8 nitrogen and oxygen atoms in total. The van der Waals surface area contributed by atoms with Crippen LogP contribution in [0, 0.1) is 6.92 Å². The minimum absolute atomic E-state index is 0.0318. The molecule has 1 aliphatic heterocycles. The van der Waals surface area contributed by atoms with E-state index in [9.17, 15) is 9.59 Å². The van der Waals surface area contributed by atoms with Crippen LogP contribution in [0.3, 0.4) is 0 Å². The van der Waals surface area contributed by atoms with Crippen molar-refractivity contribution in [2.75, 3.05) is 19.8 Å². The number of halogens is 1. The van der Waals surface area contributed by atoms with E-state index in [-0.39, 0.29) is 30.7 Å². The van der Waals surface area contributed by atoms with Crippen molar-refractivity contribution in [2.45, 2.75) is 32.2 Å². The fraction of sp³-hybridized carbons (Fsp3) is 0.444. The van der Waals surface area contributed by atoms with Gasteiger partial charge in [0.25, 0.3) is 5.91 Å². The van der Waals surface area contributed by atoms with Gasteiger partial charge in [0.1, 0.15) is 5.82 Å². The average molecular weight is 393 g/mol. The maximum Gasteiger partial charge on any atom is 0.305 e. The fourth-order valence-electron chi connectivity index (χ4n) is 3.12. The van der Waals surface area contributed by atoms with E-state index in [4.69, 9.17) is 21.4 Å². The fourth-order valence-corrected chi connectivity index (χ4v) is 3.34. The number of amides is 1. The van der Waals surface area contributed by atoms with Gasteiger partial charge in [-0.15, -0.1) is 5.10 Å². The molecular formula is C18H21ClN4O4. The predicted octanol–water partition coefficient (Wildman–Crippen LogP) is 2.33. The maximum absolute atomic E-state index is 13.1. The van der Waals surface area contributed by atoms with Crippen LogP contribution in [0.15, 0.2) is 24.3 Å². The highest BCUT2D eigenvalue weighted by molar-refractivity contribution is 6.32. The standard InChI is InChI=1S/C18H21ClN4O4/c1-12-20-17(21-23(12)15-5-3-2-4-14(15)19)18(26)22(9-6-16(24)25)13-7-10-27-11-8-13/h2-5,13H,6-11H2,1H3,(H,24,25). The van der Waals surface area contributed by atoms with Crippen molar-refractivity contribution in [1.82, 2.24) is 19.7 Å². The zero-order valence-corrected chi connectivity index (χ0v) is 15.7. The Morgan fingerprint density at radius 1 is 1.33 bits per heavy atom. The van der Waals surface area contributed by atoms with Gasteiger partial charge in [-0.3, -0.25) is 9.59 Å². The van der Waals surface area contributed by atoms with Crippen LogP contribution in [-0.4, -0.2) is 62.4 Å². The summed E-state index contributed by atoms with van der Waals surface area (Å²) in [4.78, 5) is 29.9.